The zero-order chi connectivity index (χ0) is 9.97. The molecule has 4 N–H and O–H groups in total. The molecule has 0 aromatic rings. The van der Waals surface area contributed by atoms with E-state index in [-0.39, 0.29) is 6.23 Å². The number of hydrogen-bond donors (Lipinski definition) is 3. The van der Waals surface area contributed by atoms with Gasteiger partial charge in [0.2, 0.25) is 0 Å². The molecule has 2 fully saturated rings. The minimum atomic E-state index is -0.302. The van der Waals surface area contributed by atoms with E-state index in [0.717, 1.165) is 45.3 Å². The van der Waals surface area contributed by atoms with Crippen molar-refractivity contribution in [1.29, 1.82) is 0 Å². The zero-order valence-electron chi connectivity index (χ0n) is 8.65. The van der Waals surface area contributed by atoms with Gasteiger partial charge in [-0.1, -0.05) is 0 Å². The molecule has 82 valence electrons. The molecule has 0 aromatic heterocycles. The molecule has 14 heavy (non-hydrogen) atoms. The first kappa shape index (κ1) is 10.4. The van der Waals surface area contributed by atoms with Crippen LogP contribution in [0.5, 0.6) is 0 Å². The average molecular weight is 199 g/mol. The number of hydrogen-bond acceptors (Lipinski definition) is 4. The van der Waals surface area contributed by atoms with Crippen LogP contribution in [0.25, 0.3) is 0 Å². The first-order valence-electron chi connectivity index (χ1n) is 5.67. The van der Waals surface area contributed by atoms with E-state index in [1.807, 2.05) is 0 Å². The van der Waals surface area contributed by atoms with Crippen LogP contribution < -0.4 is 11.1 Å². The molecule has 2 heterocycles. The van der Waals surface area contributed by atoms with Gasteiger partial charge in [-0.05, 0) is 38.9 Å². The van der Waals surface area contributed by atoms with Crippen LogP contribution in [0.3, 0.4) is 0 Å². The molecule has 2 unspecified atom stereocenters. The van der Waals surface area contributed by atoms with Crippen LogP contribution in [-0.4, -0.2) is 48.0 Å². The van der Waals surface area contributed by atoms with E-state index in [2.05, 4.69) is 10.2 Å². The Morgan fingerprint density at radius 1 is 1.21 bits per heavy atom. The Morgan fingerprint density at radius 3 is 2.57 bits per heavy atom. The summed E-state index contributed by atoms with van der Waals surface area (Å²) in [6.45, 7) is 3.16. The maximum Gasteiger partial charge on any atom is 0.106 e. The minimum absolute atomic E-state index is 0.302. The molecular formula is C10H21N3O. The van der Waals surface area contributed by atoms with Crippen molar-refractivity contribution in [2.75, 3.05) is 19.6 Å². The van der Waals surface area contributed by atoms with E-state index in [4.69, 9.17) is 5.73 Å². The van der Waals surface area contributed by atoms with Crippen molar-refractivity contribution in [2.45, 2.75) is 44.0 Å². The predicted molar refractivity (Wildman–Crippen MR) is 55.8 cm³/mol. The molecule has 0 bridgehead atoms. The Balaban J connectivity index is 1.82. The fourth-order valence-electron chi connectivity index (χ4n) is 2.49. The smallest absolute Gasteiger partial charge is 0.106 e. The van der Waals surface area contributed by atoms with E-state index in [1.165, 1.54) is 0 Å². The van der Waals surface area contributed by atoms with Crippen molar-refractivity contribution in [3.63, 3.8) is 0 Å². The van der Waals surface area contributed by atoms with Gasteiger partial charge in [-0.25, -0.2) is 0 Å². The van der Waals surface area contributed by atoms with Crippen molar-refractivity contribution >= 4 is 0 Å². The van der Waals surface area contributed by atoms with Crippen LogP contribution >= 0.6 is 0 Å². The van der Waals surface area contributed by atoms with Crippen molar-refractivity contribution in [1.82, 2.24) is 10.2 Å². The third-order valence-corrected chi connectivity index (χ3v) is 3.44. The number of aliphatic hydroxyl groups excluding tert-OH is 1. The number of rotatable bonds is 1. The highest BCUT2D eigenvalue weighted by Gasteiger charge is 2.27. The van der Waals surface area contributed by atoms with Gasteiger partial charge in [-0.15, -0.1) is 0 Å². The maximum absolute atomic E-state index is 9.50. The van der Waals surface area contributed by atoms with Crippen LogP contribution in [0, 0.1) is 0 Å². The number of aliphatic hydroxyl groups is 1. The van der Waals surface area contributed by atoms with Crippen LogP contribution in [0.15, 0.2) is 0 Å². The average Bonchev–Trinajstić information content (AvgIpc) is 2.19. The predicted octanol–water partition coefficient (Wildman–Crippen LogP) is -0.520. The van der Waals surface area contributed by atoms with Gasteiger partial charge in [0.1, 0.15) is 6.23 Å². The first-order valence-corrected chi connectivity index (χ1v) is 5.67. The summed E-state index contributed by atoms with van der Waals surface area (Å²) in [6.07, 6.45) is 3.95. The molecule has 0 amide bonds. The van der Waals surface area contributed by atoms with Gasteiger partial charge in [0.05, 0.1) is 0 Å². The van der Waals surface area contributed by atoms with Gasteiger partial charge in [-0.2, -0.15) is 0 Å². The SMILES string of the molecule is NC1CCN(C2CCNC(O)C2)CC1. The molecule has 2 aliphatic heterocycles. The van der Waals surface area contributed by atoms with Gasteiger partial charge in [0.15, 0.2) is 0 Å². The van der Waals surface area contributed by atoms with Gasteiger partial charge in [0.25, 0.3) is 0 Å². The number of piperidine rings is 2. The lowest BCUT2D eigenvalue weighted by molar-refractivity contribution is 0.0387. The van der Waals surface area contributed by atoms with E-state index in [0.29, 0.717) is 12.1 Å². The monoisotopic (exact) mass is 199 g/mol. The lowest BCUT2D eigenvalue weighted by Crippen LogP contribution is -2.51. The van der Waals surface area contributed by atoms with Crippen LogP contribution in [0.1, 0.15) is 25.7 Å². The molecule has 2 atom stereocenters. The Bertz CT molecular complexity index is 180. The third kappa shape index (κ3) is 2.45. The Hall–Kier alpha value is -0.160. The molecule has 2 rings (SSSR count). The fraction of sp³-hybridized carbons (Fsp3) is 1.00. The third-order valence-electron chi connectivity index (χ3n) is 3.44. The molecule has 0 aromatic carbocycles. The van der Waals surface area contributed by atoms with Crippen LogP contribution in [0.4, 0.5) is 0 Å². The summed E-state index contributed by atoms with van der Waals surface area (Å²) in [5.74, 6) is 0. The molecule has 0 spiro atoms. The van der Waals surface area contributed by atoms with E-state index in [1.54, 1.807) is 0 Å². The van der Waals surface area contributed by atoms with Gasteiger partial charge < -0.3 is 15.7 Å². The number of likely N-dealkylation sites (tertiary alicyclic amines) is 1. The Kier molecular flexibility index (Phi) is 3.38. The fourth-order valence-corrected chi connectivity index (χ4v) is 2.49. The molecular weight excluding hydrogens is 178 g/mol. The van der Waals surface area contributed by atoms with E-state index < -0.39 is 0 Å². The van der Waals surface area contributed by atoms with Crippen molar-refractivity contribution in [3.05, 3.63) is 0 Å². The van der Waals surface area contributed by atoms with Crippen LogP contribution in [0.2, 0.25) is 0 Å². The van der Waals surface area contributed by atoms with Crippen molar-refractivity contribution < 1.29 is 5.11 Å². The zero-order valence-corrected chi connectivity index (χ0v) is 8.65. The van der Waals surface area contributed by atoms with Gasteiger partial charge >= 0.3 is 0 Å². The first-order chi connectivity index (χ1) is 6.75. The molecule has 2 saturated heterocycles. The lowest BCUT2D eigenvalue weighted by atomic mass is 9.98. The standard InChI is InChI=1S/C10H21N3O/c11-8-2-5-13(6-3-8)9-1-4-12-10(14)7-9/h8-10,12,14H,1-7,11H2. The molecule has 0 saturated carbocycles. The summed E-state index contributed by atoms with van der Waals surface area (Å²) >= 11 is 0. The molecule has 2 aliphatic rings. The lowest BCUT2D eigenvalue weighted by Gasteiger charge is -2.39. The number of nitrogens with two attached hydrogens (primary N) is 1. The maximum atomic E-state index is 9.50. The number of nitrogens with zero attached hydrogens (tertiary/aromatic N) is 1. The number of nitrogens with one attached hydrogen (secondary N) is 1. The van der Waals surface area contributed by atoms with Crippen LogP contribution in [-0.2, 0) is 0 Å². The summed E-state index contributed by atoms with van der Waals surface area (Å²) in [6, 6.07) is 0.969. The molecule has 0 radical (unpaired) electrons. The largest absolute Gasteiger partial charge is 0.379 e. The highest BCUT2D eigenvalue weighted by atomic mass is 16.3. The summed E-state index contributed by atoms with van der Waals surface area (Å²) in [5.41, 5.74) is 5.87. The van der Waals surface area contributed by atoms with E-state index >= 15 is 0 Å². The van der Waals surface area contributed by atoms with Gasteiger partial charge in [-0.3, -0.25) is 5.32 Å². The minimum Gasteiger partial charge on any atom is -0.379 e. The Labute approximate surface area is 85.5 Å². The second-order valence-corrected chi connectivity index (χ2v) is 4.52. The highest BCUT2D eigenvalue weighted by molar-refractivity contribution is 4.84. The summed E-state index contributed by atoms with van der Waals surface area (Å²) in [4.78, 5) is 2.49. The second-order valence-electron chi connectivity index (χ2n) is 4.52. The summed E-state index contributed by atoms with van der Waals surface area (Å²) < 4.78 is 0. The quantitative estimate of drug-likeness (QED) is 0.532. The summed E-state index contributed by atoms with van der Waals surface area (Å²) in [7, 11) is 0. The molecule has 4 heteroatoms. The normalized spacial score (nSPS) is 37.3. The topological polar surface area (TPSA) is 61.5 Å². The highest BCUT2D eigenvalue weighted by Crippen LogP contribution is 2.19. The molecule has 4 nitrogen and oxygen atoms in total. The van der Waals surface area contributed by atoms with Crippen molar-refractivity contribution in [2.24, 2.45) is 5.73 Å². The molecule has 0 aliphatic carbocycles. The summed E-state index contributed by atoms with van der Waals surface area (Å²) in [5, 5.41) is 12.6. The Morgan fingerprint density at radius 2 is 1.93 bits per heavy atom. The van der Waals surface area contributed by atoms with Gasteiger partial charge in [0, 0.05) is 18.5 Å². The second kappa shape index (κ2) is 4.57. The van der Waals surface area contributed by atoms with Crippen molar-refractivity contribution in [3.8, 4) is 0 Å². The van der Waals surface area contributed by atoms with E-state index in [9.17, 15) is 5.11 Å².